The van der Waals surface area contributed by atoms with Crippen molar-refractivity contribution < 1.29 is 4.52 Å². The Morgan fingerprint density at radius 1 is 1.40 bits per heavy atom. The molecule has 5 nitrogen and oxygen atoms in total. The number of hydrogen-bond acceptors (Lipinski definition) is 5. The van der Waals surface area contributed by atoms with Crippen molar-refractivity contribution in [2.45, 2.75) is 33.4 Å². The van der Waals surface area contributed by atoms with Gasteiger partial charge in [-0.15, -0.1) is 0 Å². The minimum absolute atomic E-state index is 0.0675. The summed E-state index contributed by atoms with van der Waals surface area (Å²) >= 11 is 0. The summed E-state index contributed by atoms with van der Waals surface area (Å²) in [4.78, 5) is 6.26. The maximum atomic E-state index is 6.01. The van der Waals surface area contributed by atoms with Crippen molar-refractivity contribution in [2.24, 2.45) is 11.1 Å². The van der Waals surface area contributed by atoms with E-state index in [9.17, 15) is 0 Å². The minimum Gasteiger partial charge on any atom is -0.338 e. The lowest BCUT2D eigenvalue weighted by molar-refractivity contribution is 0.251. The standard InChI is InChI=1S/C10H20N4O/c1-10(2,3)8(11)9-12-7(13-15-9)6-14(4)5/h8H,6,11H2,1-5H3/t8-/m1/s1. The fourth-order valence-corrected chi connectivity index (χ4v) is 1.11. The molecule has 15 heavy (non-hydrogen) atoms. The molecule has 0 amide bonds. The molecular weight excluding hydrogens is 192 g/mol. The average Bonchev–Trinajstić information content (AvgIpc) is 2.48. The van der Waals surface area contributed by atoms with Gasteiger partial charge in [-0.25, -0.2) is 0 Å². The normalized spacial score (nSPS) is 14.6. The Balaban J connectivity index is 2.76. The molecule has 1 rings (SSSR count). The van der Waals surface area contributed by atoms with Gasteiger partial charge >= 0.3 is 0 Å². The highest BCUT2D eigenvalue weighted by Gasteiger charge is 2.27. The van der Waals surface area contributed by atoms with Crippen molar-refractivity contribution in [3.05, 3.63) is 11.7 Å². The van der Waals surface area contributed by atoms with Gasteiger partial charge in [-0.2, -0.15) is 4.98 Å². The van der Waals surface area contributed by atoms with E-state index in [4.69, 9.17) is 10.3 Å². The average molecular weight is 212 g/mol. The predicted octanol–water partition coefficient (Wildman–Crippen LogP) is 1.18. The summed E-state index contributed by atoms with van der Waals surface area (Å²) in [5, 5.41) is 3.88. The van der Waals surface area contributed by atoms with Crippen LogP contribution in [0.15, 0.2) is 4.52 Å². The van der Waals surface area contributed by atoms with E-state index in [0.717, 1.165) is 0 Å². The van der Waals surface area contributed by atoms with Crippen LogP contribution in [0.1, 0.15) is 38.5 Å². The first-order valence-corrected chi connectivity index (χ1v) is 5.03. The fourth-order valence-electron chi connectivity index (χ4n) is 1.11. The molecule has 0 saturated carbocycles. The fraction of sp³-hybridized carbons (Fsp3) is 0.800. The van der Waals surface area contributed by atoms with Crippen molar-refractivity contribution >= 4 is 0 Å². The third-order valence-corrected chi connectivity index (χ3v) is 2.14. The third kappa shape index (κ3) is 3.28. The van der Waals surface area contributed by atoms with E-state index in [2.05, 4.69) is 10.1 Å². The van der Waals surface area contributed by atoms with Crippen molar-refractivity contribution in [3.63, 3.8) is 0 Å². The molecule has 0 aliphatic carbocycles. The number of aromatic nitrogens is 2. The second kappa shape index (κ2) is 4.28. The Bertz CT molecular complexity index is 313. The van der Waals surface area contributed by atoms with Crippen LogP contribution in [0.25, 0.3) is 0 Å². The van der Waals surface area contributed by atoms with Crippen LogP contribution in [-0.2, 0) is 6.54 Å². The molecule has 0 aliphatic heterocycles. The molecule has 0 spiro atoms. The molecule has 0 aromatic carbocycles. The van der Waals surface area contributed by atoms with Crippen molar-refractivity contribution in [1.82, 2.24) is 15.0 Å². The van der Waals surface area contributed by atoms with Gasteiger partial charge in [-0.1, -0.05) is 25.9 Å². The highest BCUT2D eigenvalue weighted by atomic mass is 16.5. The van der Waals surface area contributed by atoms with Gasteiger partial charge in [0.25, 0.3) is 0 Å². The lowest BCUT2D eigenvalue weighted by Crippen LogP contribution is -2.26. The van der Waals surface area contributed by atoms with Gasteiger partial charge in [0.1, 0.15) is 0 Å². The highest BCUT2D eigenvalue weighted by Crippen LogP contribution is 2.29. The van der Waals surface area contributed by atoms with Crippen LogP contribution in [0.2, 0.25) is 0 Å². The van der Waals surface area contributed by atoms with E-state index in [1.165, 1.54) is 0 Å². The SMILES string of the molecule is CN(C)Cc1noc([C@@H](N)C(C)(C)C)n1. The molecule has 0 radical (unpaired) electrons. The van der Waals surface area contributed by atoms with Crippen LogP contribution in [0.4, 0.5) is 0 Å². The Morgan fingerprint density at radius 2 is 2.00 bits per heavy atom. The molecule has 0 unspecified atom stereocenters. The van der Waals surface area contributed by atoms with E-state index in [-0.39, 0.29) is 11.5 Å². The lowest BCUT2D eigenvalue weighted by Gasteiger charge is -2.23. The van der Waals surface area contributed by atoms with Crippen LogP contribution in [0, 0.1) is 5.41 Å². The van der Waals surface area contributed by atoms with Crippen LogP contribution in [0.5, 0.6) is 0 Å². The number of nitrogens with zero attached hydrogens (tertiary/aromatic N) is 3. The smallest absolute Gasteiger partial charge is 0.244 e. The van der Waals surface area contributed by atoms with Gasteiger partial charge in [0.2, 0.25) is 5.89 Å². The summed E-state index contributed by atoms with van der Waals surface area (Å²) in [5.41, 5.74) is 5.94. The molecule has 1 atom stereocenters. The van der Waals surface area contributed by atoms with E-state index < -0.39 is 0 Å². The molecule has 0 saturated heterocycles. The summed E-state index contributed by atoms with van der Waals surface area (Å²) in [6.45, 7) is 6.81. The minimum atomic E-state index is -0.221. The van der Waals surface area contributed by atoms with Gasteiger partial charge in [-0.05, 0) is 19.5 Å². The molecule has 1 aromatic rings. The van der Waals surface area contributed by atoms with E-state index in [1.54, 1.807) is 0 Å². The quantitative estimate of drug-likeness (QED) is 0.814. The Labute approximate surface area is 90.6 Å². The van der Waals surface area contributed by atoms with Crippen LogP contribution >= 0.6 is 0 Å². The largest absolute Gasteiger partial charge is 0.338 e. The zero-order valence-electron chi connectivity index (χ0n) is 10.1. The van der Waals surface area contributed by atoms with Gasteiger partial charge < -0.3 is 15.2 Å². The first-order valence-electron chi connectivity index (χ1n) is 5.03. The zero-order chi connectivity index (χ0) is 11.6. The monoisotopic (exact) mass is 212 g/mol. The van der Waals surface area contributed by atoms with Gasteiger partial charge in [0.15, 0.2) is 5.82 Å². The topological polar surface area (TPSA) is 68.2 Å². The van der Waals surface area contributed by atoms with E-state index in [0.29, 0.717) is 18.3 Å². The summed E-state index contributed by atoms with van der Waals surface area (Å²) in [5.74, 6) is 1.19. The third-order valence-electron chi connectivity index (χ3n) is 2.14. The lowest BCUT2D eigenvalue weighted by atomic mass is 9.87. The second-order valence-electron chi connectivity index (χ2n) is 5.13. The van der Waals surface area contributed by atoms with Crippen molar-refractivity contribution in [3.8, 4) is 0 Å². The molecular formula is C10H20N4O. The maximum absolute atomic E-state index is 6.01. The summed E-state index contributed by atoms with van der Waals surface area (Å²) in [6.07, 6.45) is 0. The zero-order valence-corrected chi connectivity index (χ0v) is 10.1. The van der Waals surface area contributed by atoms with Crippen LogP contribution in [0.3, 0.4) is 0 Å². The first-order chi connectivity index (χ1) is 6.80. The predicted molar refractivity (Wildman–Crippen MR) is 58.1 cm³/mol. The molecule has 1 aromatic heterocycles. The van der Waals surface area contributed by atoms with Gasteiger partial charge in [-0.3, -0.25) is 0 Å². The molecule has 0 aliphatic rings. The van der Waals surface area contributed by atoms with Crippen LogP contribution in [-0.4, -0.2) is 29.1 Å². The van der Waals surface area contributed by atoms with E-state index in [1.807, 2.05) is 39.8 Å². The summed E-state index contributed by atoms with van der Waals surface area (Å²) in [7, 11) is 3.92. The van der Waals surface area contributed by atoms with Gasteiger partial charge in [0.05, 0.1) is 12.6 Å². The van der Waals surface area contributed by atoms with Crippen molar-refractivity contribution in [2.75, 3.05) is 14.1 Å². The molecule has 2 N–H and O–H groups in total. The molecule has 86 valence electrons. The van der Waals surface area contributed by atoms with Gasteiger partial charge in [0, 0.05) is 0 Å². The maximum Gasteiger partial charge on any atom is 0.244 e. The van der Waals surface area contributed by atoms with E-state index >= 15 is 0 Å². The first kappa shape index (κ1) is 12.1. The molecule has 1 heterocycles. The Hall–Kier alpha value is -0.940. The van der Waals surface area contributed by atoms with Crippen molar-refractivity contribution in [1.29, 1.82) is 0 Å². The van der Waals surface area contributed by atoms with Crippen LogP contribution < -0.4 is 5.73 Å². The molecule has 0 fully saturated rings. The number of hydrogen-bond donors (Lipinski definition) is 1. The second-order valence-corrected chi connectivity index (χ2v) is 5.13. The molecule has 0 bridgehead atoms. The number of rotatable bonds is 3. The molecule has 5 heteroatoms. The highest BCUT2D eigenvalue weighted by molar-refractivity contribution is 4.96. The Morgan fingerprint density at radius 3 is 2.47 bits per heavy atom. The summed E-state index contributed by atoms with van der Waals surface area (Å²) < 4.78 is 5.14. The number of nitrogens with two attached hydrogens (primary N) is 1. The summed E-state index contributed by atoms with van der Waals surface area (Å²) in [6, 6.07) is -0.221. The Kier molecular flexibility index (Phi) is 3.46.